The van der Waals surface area contributed by atoms with E-state index in [9.17, 15) is 0 Å². The normalized spacial score (nSPS) is 31.1. The van der Waals surface area contributed by atoms with Gasteiger partial charge in [-0.3, -0.25) is 0 Å². The van der Waals surface area contributed by atoms with Crippen molar-refractivity contribution in [3.63, 3.8) is 0 Å². The minimum absolute atomic E-state index is 0.277. The Morgan fingerprint density at radius 3 is 2.67 bits per heavy atom. The van der Waals surface area contributed by atoms with Gasteiger partial charge in [0.1, 0.15) is 0 Å². The van der Waals surface area contributed by atoms with E-state index in [0.29, 0.717) is 6.04 Å². The van der Waals surface area contributed by atoms with Crippen LogP contribution >= 0.6 is 0 Å². The summed E-state index contributed by atoms with van der Waals surface area (Å²) in [5, 5.41) is 12.6. The molecule has 0 aromatic rings. The van der Waals surface area contributed by atoms with E-state index < -0.39 is 0 Å². The monoisotopic (exact) mass is 206 g/mol. The Morgan fingerprint density at radius 1 is 1.13 bits per heavy atom. The standard InChI is InChI=1S/C13H22N2/c14-10-12-5-1-2-6-13(12)15-9-3-4-11-7-8-11/h11-13,15H,1-9H2. The average molecular weight is 206 g/mol. The number of hydrogen-bond donors (Lipinski definition) is 1. The van der Waals surface area contributed by atoms with Crippen LogP contribution in [-0.4, -0.2) is 12.6 Å². The summed E-state index contributed by atoms with van der Waals surface area (Å²) in [4.78, 5) is 0. The Morgan fingerprint density at radius 2 is 1.93 bits per heavy atom. The summed E-state index contributed by atoms with van der Waals surface area (Å²) in [7, 11) is 0. The Bertz CT molecular complexity index is 227. The largest absolute Gasteiger partial charge is 0.313 e. The van der Waals surface area contributed by atoms with Crippen molar-refractivity contribution < 1.29 is 0 Å². The zero-order valence-electron chi connectivity index (χ0n) is 9.54. The van der Waals surface area contributed by atoms with Crippen LogP contribution in [0.15, 0.2) is 0 Å². The molecule has 2 atom stereocenters. The van der Waals surface area contributed by atoms with Crippen LogP contribution in [0, 0.1) is 23.2 Å². The fraction of sp³-hybridized carbons (Fsp3) is 0.923. The molecule has 0 aliphatic heterocycles. The SMILES string of the molecule is N#CC1CCCCC1NCCCC1CC1. The van der Waals surface area contributed by atoms with E-state index in [2.05, 4.69) is 11.4 Å². The summed E-state index contributed by atoms with van der Waals surface area (Å²) in [5.74, 6) is 1.32. The fourth-order valence-corrected chi connectivity index (χ4v) is 2.61. The van der Waals surface area contributed by atoms with Crippen molar-refractivity contribution >= 4 is 0 Å². The highest BCUT2D eigenvalue weighted by Gasteiger charge is 2.24. The number of nitrogens with one attached hydrogen (secondary N) is 1. The summed E-state index contributed by atoms with van der Waals surface area (Å²) in [5.41, 5.74) is 0. The molecule has 0 radical (unpaired) electrons. The Hall–Kier alpha value is -0.550. The first-order valence-corrected chi connectivity index (χ1v) is 6.53. The molecule has 0 amide bonds. The van der Waals surface area contributed by atoms with Crippen molar-refractivity contribution in [3.8, 4) is 6.07 Å². The van der Waals surface area contributed by atoms with E-state index in [1.54, 1.807) is 0 Å². The number of rotatable bonds is 5. The lowest BCUT2D eigenvalue weighted by atomic mass is 9.85. The third-order valence-electron chi connectivity index (χ3n) is 3.82. The topological polar surface area (TPSA) is 35.8 Å². The molecule has 2 saturated carbocycles. The summed E-state index contributed by atoms with van der Waals surface area (Å²) < 4.78 is 0. The van der Waals surface area contributed by atoms with Gasteiger partial charge in [0.15, 0.2) is 0 Å². The lowest BCUT2D eigenvalue weighted by Gasteiger charge is -2.27. The summed E-state index contributed by atoms with van der Waals surface area (Å²) >= 11 is 0. The lowest BCUT2D eigenvalue weighted by molar-refractivity contribution is 0.310. The highest BCUT2D eigenvalue weighted by Crippen LogP contribution is 2.33. The van der Waals surface area contributed by atoms with Crippen molar-refractivity contribution in [2.75, 3.05) is 6.54 Å². The first-order valence-electron chi connectivity index (χ1n) is 6.53. The molecule has 0 bridgehead atoms. The molecule has 2 unspecified atom stereocenters. The quantitative estimate of drug-likeness (QED) is 0.702. The summed E-state index contributed by atoms with van der Waals surface area (Å²) in [6.45, 7) is 1.12. The van der Waals surface area contributed by atoms with Gasteiger partial charge in [-0.25, -0.2) is 0 Å². The van der Waals surface area contributed by atoms with E-state index in [-0.39, 0.29) is 5.92 Å². The summed E-state index contributed by atoms with van der Waals surface area (Å²) in [6, 6.07) is 2.94. The van der Waals surface area contributed by atoms with Gasteiger partial charge >= 0.3 is 0 Å². The van der Waals surface area contributed by atoms with E-state index in [4.69, 9.17) is 5.26 Å². The molecule has 2 fully saturated rings. The van der Waals surface area contributed by atoms with Crippen molar-refractivity contribution in [3.05, 3.63) is 0 Å². The minimum Gasteiger partial charge on any atom is -0.313 e. The highest BCUT2D eigenvalue weighted by molar-refractivity contribution is 4.94. The zero-order chi connectivity index (χ0) is 10.5. The number of hydrogen-bond acceptors (Lipinski definition) is 2. The van der Waals surface area contributed by atoms with Gasteiger partial charge in [0.2, 0.25) is 0 Å². The van der Waals surface area contributed by atoms with Crippen molar-refractivity contribution in [1.82, 2.24) is 5.32 Å². The molecule has 0 aromatic heterocycles. The number of nitriles is 1. The molecule has 0 spiro atoms. The molecule has 0 saturated heterocycles. The molecular formula is C13H22N2. The minimum atomic E-state index is 0.277. The molecule has 2 rings (SSSR count). The van der Waals surface area contributed by atoms with Crippen molar-refractivity contribution in [1.29, 1.82) is 5.26 Å². The maximum Gasteiger partial charge on any atom is 0.0672 e. The molecular weight excluding hydrogens is 184 g/mol. The second-order valence-corrected chi connectivity index (χ2v) is 5.17. The van der Waals surface area contributed by atoms with Gasteiger partial charge in [-0.1, -0.05) is 25.7 Å². The smallest absolute Gasteiger partial charge is 0.0672 e. The van der Waals surface area contributed by atoms with Crippen LogP contribution in [0.4, 0.5) is 0 Å². The van der Waals surface area contributed by atoms with Crippen LogP contribution < -0.4 is 5.32 Å². The fourth-order valence-electron chi connectivity index (χ4n) is 2.61. The third kappa shape index (κ3) is 3.50. The predicted octanol–water partition coefficient (Wildman–Crippen LogP) is 2.85. The van der Waals surface area contributed by atoms with Crippen LogP contribution in [-0.2, 0) is 0 Å². The highest BCUT2D eigenvalue weighted by atomic mass is 14.9. The lowest BCUT2D eigenvalue weighted by Crippen LogP contribution is -2.38. The van der Waals surface area contributed by atoms with E-state index in [1.165, 1.54) is 44.9 Å². The van der Waals surface area contributed by atoms with Crippen LogP contribution in [0.2, 0.25) is 0 Å². The summed E-state index contributed by atoms with van der Waals surface area (Å²) in [6.07, 6.45) is 10.5. The van der Waals surface area contributed by atoms with Gasteiger partial charge < -0.3 is 5.32 Å². The molecule has 1 N–H and O–H groups in total. The average Bonchev–Trinajstić information content (AvgIpc) is 3.09. The second kappa shape index (κ2) is 5.51. The first kappa shape index (κ1) is 11.0. The van der Waals surface area contributed by atoms with Crippen molar-refractivity contribution in [2.45, 2.75) is 57.4 Å². The van der Waals surface area contributed by atoms with E-state index >= 15 is 0 Å². The van der Waals surface area contributed by atoms with Crippen LogP contribution in [0.5, 0.6) is 0 Å². The molecule has 2 heteroatoms. The van der Waals surface area contributed by atoms with Gasteiger partial charge in [0, 0.05) is 6.04 Å². The molecule has 2 aliphatic carbocycles. The van der Waals surface area contributed by atoms with Gasteiger partial charge in [0.25, 0.3) is 0 Å². The Kier molecular flexibility index (Phi) is 4.02. The van der Waals surface area contributed by atoms with Gasteiger partial charge in [-0.2, -0.15) is 5.26 Å². The molecule has 2 nitrogen and oxygen atoms in total. The molecule has 15 heavy (non-hydrogen) atoms. The Balaban J connectivity index is 1.60. The zero-order valence-corrected chi connectivity index (χ0v) is 9.54. The van der Waals surface area contributed by atoms with Gasteiger partial charge in [-0.05, 0) is 38.1 Å². The Labute approximate surface area is 93.0 Å². The molecule has 84 valence electrons. The van der Waals surface area contributed by atoms with Gasteiger partial charge in [-0.15, -0.1) is 0 Å². The second-order valence-electron chi connectivity index (χ2n) is 5.17. The number of nitrogens with zero attached hydrogens (tertiary/aromatic N) is 1. The van der Waals surface area contributed by atoms with Gasteiger partial charge in [0.05, 0.1) is 12.0 Å². The van der Waals surface area contributed by atoms with Crippen molar-refractivity contribution in [2.24, 2.45) is 11.8 Å². The van der Waals surface area contributed by atoms with Crippen LogP contribution in [0.3, 0.4) is 0 Å². The predicted molar refractivity (Wildman–Crippen MR) is 61.3 cm³/mol. The van der Waals surface area contributed by atoms with Crippen LogP contribution in [0.1, 0.15) is 51.4 Å². The van der Waals surface area contributed by atoms with E-state index in [1.807, 2.05) is 0 Å². The first-order chi connectivity index (χ1) is 7.40. The molecule has 2 aliphatic rings. The van der Waals surface area contributed by atoms with E-state index in [0.717, 1.165) is 18.9 Å². The van der Waals surface area contributed by atoms with Crippen LogP contribution in [0.25, 0.3) is 0 Å². The maximum absolute atomic E-state index is 9.03. The maximum atomic E-state index is 9.03. The molecule has 0 heterocycles. The molecule has 0 aromatic carbocycles. The third-order valence-corrected chi connectivity index (χ3v) is 3.82.